The summed E-state index contributed by atoms with van der Waals surface area (Å²) in [6, 6.07) is 5.57. The van der Waals surface area contributed by atoms with Gasteiger partial charge in [0, 0.05) is 32.4 Å². The summed E-state index contributed by atoms with van der Waals surface area (Å²) in [5.41, 5.74) is -0.257. The fourth-order valence-electron chi connectivity index (χ4n) is 2.64. The van der Waals surface area contributed by atoms with Crippen LogP contribution in [0.2, 0.25) is 0 Å². The lowest BCUT2D eigenvalue weighted by atomic mass is 10.1. The number of aromatic nitrogens is 2. The number of amides is 1. The number of ether oxygens (including phenoxy) is 1. The van der Waals surface area contributed by atoms with Crippen molar-refractivity contribution in [2.24, 2.45) is 0 Å². The Kier molecular flexibility index (Phi) is 5.74. The molecular weight excluding hydrogens is 340 g/mol. The van der Waals surface area contributed by atoms with Gasteiger partial charge in [-0.05, 0) is 19.1 Å². The molecule has 0 radical (unpaired) electrons. The highest BCUT2D eigenvalue weighted by molar-refractivity contribution is 7.16. The van der Waals surface area contributed by atoms with Crippen molar-refractivity contribution in [2.75, 3.05) is 39.4 Å². The lowest BCUT2D eigenvalue weighted by Gasteiger charge is -2.33. The van der Waals surface area contributed by atoms with Crippen molar-refractivity contribution in [3.63, 3.8) is 0 Å². The Bertz CT molecular complexity index is 699. The number of nitrogens with one attached hydrogen (secondary N) is 1. The Morgan fingerprint density at radius 2 is 2.20 bits per heavy atom. The van der Waals surface area contributed by atoms with Gasteiger partial charge in [0.15, 0.2) is 0 Å². The molecule has 0 saturated carbocycles. The first kappa shape index (κ1) is 17.9. The van der Waals surface area contributed by atoms with Gasteiger partial charge in [0.2, 0.25) is 0 Å². The van der Waals surface area contributed by atoms with Crippen LogP contribution in [0.15, 0.2) is 30.6 Å². The topological polar surface area (TPSA) is 87.6 Å². The van der Waals surface area contributed by atoms with Gasteiger partial charge in [0.1, 0.15) is 9.88 Å². The number of pyridine rings is 1. The molecule has 3 heterocycles. The van der Waals surface area contributed by atoms with Crippen LogP contribution in [0, 0.1) is 0 Å². The molecule has 1 aliphatic rings. The van der Waals surface area contributed by atoms with Crippen LogP contribution < -0.4 is 5.32 Å². The Morgan fingerprint density at radius 1 is 1.40 bits per heavy atom. The number of aliphatic hydroxyl groups is 1. The average Bonchev–Trinajstić information content (AvgIpc) is 3.11. The van der Waals surface area contributed by atoms with E-state index in [1.807, 2.05) is 18.2 Å². The van der Waals surface area contributed by atoms with Crippen LogP contribution >= 0.6 is 11.3 Å². The number of carbonyl (C=O) groups is 1. The molecule has 0 aliphatic carbocycles. The predicted octanol–water partition coefficient (Wildman–Crippen LogP) is 1.02. The second-order valence-electron chi connectivity index (χ2n) is 6.31. The highest BCUT2D eigenvalue weighted by Gasteiger charge is 2.26. The van der Waals surface area contributed by atoms with E-state index < -0.39 is 5.60 Å². The molecule has 7 nitrogen and oxygen atoms in total. The normalized spacial score (nSPS) is 17.8. The van der Waals surface area contributed by atoms with Crippen molar-refractivity contribution < 1.29 is 14.6 Å². The van der Waals surface area contributed by atoms with Crippen LogP contribution in [0.25, 0.3) is 10.7 Å². The van der Waals surface area contributed by atoms with Crippen LogP contribution in [-0.2, 0) is 4.74 Å². The smallest absolute Gasteiger partial charge is 0.263 e. The van der Waals surface area contributed by atoms with Crippen LogP contribution in [0.3, 0.4) is 0 Å². The Morgan fingerprint density at radius 3 is 2.92 bits per heavy atom. The largest absolute Gasteiger partial charge is 0.387 e. The first-order chi connectivity index (χ1) is 12.0. The first-order valence-electron chi connectivity index (χ1n) is 8.21. The van der Waals surface area contributed by atoms with Gasteiger partial charge in [-0.2, -0.15) is 0 Å². The molecular formula is C17H22N4O3S. The third-order valence-electron chi connectivity index (χ3n) is 3.91. The Labute approximate surface area is 150 Å². The summed E-state index contributed by atoms with van der Waals surface area (Å²) in [5, 5.41) is 14.0. The molecule has 0 aromatic carbocycles. The number of nitrogens with zero attached hydrogens (tertiary/aromatic N) is 3. The van der Waals surface area contributed by atoms with Crippen molar-refractivity contribution in [3.05, 3.63) is 35.5 Å². The van der Waals surface area contributed by atoms with Crippen molar-refractivity contribution in [1.29, 1.82) is 0 Å². The molecule has 0 bridgehead atoms. The second-order valence-corrected chi connectivity index (χ2v) is 7.34. The van der Waals surface area contributed by atoms with Crippen LogP contribution in [0.4, 0.5) is 0 Å². The molecule has 1 saturated heterocycles. The van der Waals surface area contributed by atoms with Gasteiger partial charge >= 0.3 is 0 Å². The van der Waals surface area contributed by atoms with E-state index in [4.69, 9.17) is 4.74 Å². The van der Waals surface area contributed by atoms with E-state index in [0.717, 1.165) is 18.8 Å². The molecule has 1 unspecified atom stereocenters. The second kappa shape index (κ2) is 8.01. The third kappa shape index (κ3) is 5.05. The van der Waals surface area contributed by atoms with Crippen molar-refractivity contribution >= 4 is 17.2 Å². The lowest BCUT2D eigenvalue weighted by Crippen LogP contribution is -2.51. The summed E-state index contributed by atoms with van der Waals surface area (Å²) in [7, 11) is 0. The zero-order valence-corrected chi connectivity index (χ0v) is 15.0. The van der Waals surface area contributed by atoms with Crippen molar-refractivity contribution in [3.8, 4) is 10.7 Å². The van der Waals surface area contributed by atoms with E-state index >= 15 is 0 Å². The highest BCUT2D eigenvalue weighted by Crippen LogP contribution is 2.23. The monoisotopic (exact) mass is 362 g/mol. The average molecular weight is 362 g/mol. The van der Waals surface area contributed by atoms with Crippen molar-refractivity contribution in [2.45, 2.75) is 12.5 Å². The number of morpholine rings is 1. The molecule has 134 valence electrons. The summed E-state index contributed by atoms with van der Waals surface area (Å²) >= 11 is 1.29. The minimum Gasteiger partial charge on any atom is -0.387 e. The van der Waals surface area contributed by atoms with Crippen LogP contribution in [-0.4, -0.2) is 70.9 Å². The maximum absolute atomic E-state index is 12.3. The predicted molar refractivity (Wildman–Crippen MR) is 95.6 cm³/mol. The van der Waals surface area contributed by atoms with Gasteiger partial charge in [0.05, 0.1) is 30.7 Å². The van der Waals surface area contributed by atoms with Gasteiger partial charge in [-0.15, -0.1) is 11.3 Å². The lowest BCUT2D eigenvalue weighted by molar-refractivity contribution is -0.0213. The summed E-state index contributed by atoms with van der Waals surface area (Å²) < 4.78 is 5.31. The number of β-amino-alcohol motifs (C(OH)–C–C–N with tert-alkyl or cyclic N) is 1. The van der Waals surface area contributed by atoms with Gasteiger partial charge < -0.3 is 15.2 Å². The summed E-state index contributed by atoms with van der Waals surface area (Å²) in [6.45, 7) is 5.37. The Balaban J connectivity index is 1.54. The zero-order chi connectivity index (χ0) is 17.7. The van der Waals surface area contributed by atoms with Crippen LogP contribution in [0.5, 0.6) is 0 Å². The molecule has 3 rings (SSSR count). The van der Waals surface area contributed by atoms with Crippen LogP contribution in [0.1, 0.15) is 16.6 Å². The molecule has 0 spiro atoms. The fourth-order valence-corrected chi connectivity index (χ4v) is 3.45. The summed E-state index contributed by atoms with van der Waals surface area (Å²) in [6.07, 6.45) is 3.24. The van der Waals surface area contributed by atoms with E-state index in [0.29, 0.717) is 29.6 Å². The summed E-state index contributed by atoms with van der Waals surface area (Å²) in [5.74, 6) is -0.234. The van der Waals surface area contributed by atoms with Crippen molar-refractivity contribution in [1.82, 2.24) is 20.2 Å². The SMILES string of the molecule is CC(O)(CNC(=O)c1cnc(-c2ccccn2)s1)CN1CCOCC1. The quantitative estimate of drug-likeness (QED) is 0.798. The van der Waals surface area contributed by atoms with E-state index in [-0.39, 0.29) is 12.5 Å². The standard InChI is InChI=1S/C17H22N4O3S/c1-17(23,12-21-6-8-24-9-7-21)11-20-15(22)14-10-19-16(25-14)13-4-2-3-5-18-13/h2-5,10,23H,6-9,11-12H2,1H3,(H,20,22). The van der Waals surface area contributed by atoms with Gasteiger partial charge in [-0.25, -0.2) is 4.98 Å². The zero-order valence-electron chi connectivity index (χ0n) is 14.1. The van der Waals surface area contributed by atoms with Gasteiger partial charge in [-0.1, -0.05) is 6.07 Å². The minimum absolute atomic E-state index is 0.181. The molecule has 1 atom stereocenters. The summed E-state index contributed by atoms with van der Waals surface area (Å²) in [4.78, 5) is 23.5. The molecule has 1 fully saturated rings. The molecule has 1 amide bonds. The van der Waals surface area contributed by atoms with E-state index in [9.17, 15) is 9.90 Å². The van der Waals surface area contributed by atoms with E-state index in [1.165, 1.54) is 11.3 Å². The minimum atomic E-state index is -0.999. The molecule has 2 aromatic heterocycles. The first-order valence-corrected chi connectivity index (χ1v) is 9.03. The molecule has 2 N–H and O–H groups in total. The Hall–Kier alpha value is -1.87. The number of hydrogen-bond acceptors (Lipinski definition) is 7. The molecule has 2 aromatic rings. The highest BCUT2D eigenvalue weighted by atomic mass is 32.1. The van der Waals surface area contributed by atoms with Gasteiger partial charge in [-0.3, -0.25) is 14.7 Å². The maximum atomic E-state index is 12.3. The third-order valence-corrected chi connectivity index (χ3v) is 4.93. The number of thiazole rings is 1. The molecule has 25 heavy (non-hydrogen) atoms. The van der Waals surface area contributed by atoms with E-state index in [1.54, 1.807) is 19.3 Å². The van der Waals surface area contributed by atoms with Gasteiger partial charge in [0.25, 0.3) is 5.91 Å². The fraction of sp³-hybridized carbons (Fsp3) is 0.471. The molecule has 8 heteroatoms. The number of carbonyl (C=O) groups excluding carboxylic acids is 1. The molecule has 1 aliphatic heterocycles. The maximum Gasteiger partial charge on any atom is 0.263 e. The number of hydrogen-bond donors (Lipinski definition) is 2. The number of rotatable bonds is 6. The van der Waals surface area contributed by atoms with E-state index in [2.05, 4.69) is 20.2 Å².